The Morgan fingerprint density at radius 3 is 2.40 bits per heavy atom. The summed E-state index contributed by atoms with van der Waals surface area (Å²) in [6, 6.07) is 0. The van der Waals surface area contributed by atoms with Gasteiger partial charge in [-0.3, -0.25) is 4.79 Å². The van der Waals surface area contributed by atoms with Crippen LogP contribution in [0.5, 0.6) is 0 Å². The molecule has 0 aromatic rings. The predicted molar refractivity (Wildman–Crippen MR) is 67.5 cm³/mol. The fourth-order valence-corrected chi connectivity index (χ4v) is 1.32. The van der Waals surface area contributed by atoms with Crippen molar-refractivity contribution < 1.29 is 6.22 Å². The smallest absolute Gasteiger partial charge is 0.228 e. The lowest BCUT2D eigenvalue weighted by molar-refractivity contribution is -0.118. The van der Waals surface area contributed by atoms with Crippen LogP contribution in [-0.2, 0) is 4.79 Å². The Morgan fingerprint density at radius 1 is 1.13 bits per heavy atom. The maximum absolute atomic E-state index is 10.9. The molecule has 15 heavy (non-hydrogen) atoms. The van der Waals surface area contributed by atoms with Gasteiger partial charge in [0.25, 0.3) is 0 Å². The zero-order chi connectivity index (χ0) is 11.7. The van der Waals surface area contributed by atoms with E-state index in [0.717, 1.165) is 17.7 Å². The molecule has 1 amide bonds. The monoisotopic (exact) mass is 209 g/mol. The average Bonchev–Trinajstić information content (AvgIpc) is 2.51. The summed E-state index contributed by atoms with van der Waals surface area (Å²) in [5.41, 5.74) is 2.09. The number of amides is 1. The summed E-state index contributed by atoms with van der Waals surface area (Å²) in [5.74, 6) is 0.103. The number of nitrogens with one attached hydrogen (secondary N) is 1. The van der Waals surface area contributed by atoms with E-state index < -0.39 is 0 Å². The van der Waals surface area contributed by atoms with Crippen molar-refractivity contribution in [2.45, 2.75) is 40.5 Å². The third-order valence-electron chi connectivity index (χ3n) is 1.85. The summed E-state index contributed by atoms with van der Waals surface area (Å²) in [6.07, 6.45) is 9.61. The zero-order valence-electron chi connectivity index (χ0n) is 10.1. The molecule has 2 heteroatoms. The molecule has 86 valence electrons. The molecule has 0 unspecified atom stereocenters. The van der Waals surface area contributed by atoms with Crippen LogP contribution in [0.2, 0.25) is 0 Å². The lowest BCUT2D eigenvalue weighted by atomic mass is 10.2. The van der Waals surface area contributed by atoms with Crippen LogP contribution >= 0.6 is 0 Å². The fraction of sp³-hybridized carbons (Fsp3) is 0.462. The largest absolute Gasteiger partial charge is 0.326 e. The zero-order valence-corrected chi connectivity index (χ0v) is 10.1. The summed E-state index contributed by atoms with van der Waals surface area (Å²) in [5, 5.41) is 2.80. The molecule has 0 spiro atoms. The molecule has 1 aliphatic carbocycles. The molecular weight excluding hydrogens is 186 g/mol. The van der Waals surface area contributed by atoms with Crippen LogP contribution in [0.1, 0.15) is 42.0 Å². The van der Waals surface area contributed by atoms with Crippen LogP contribution in [0.25, 0.3) is 0 Å². The van der Waals surface area contributed by atoms with E-state index in [1.54, 1.807) is 0 Å². The third-order valence-corrected chi connectivity index (χ3v) is 1.85. The summed E-state index contributed by atoms with van der Waals surface area (Å²) < 4.78 is 0. The molecule has 2 aliphatic rings. The molecule has 0 aromatic heterocycles. The molecular formula is C13H23NO. The summed E-state index contributed by atoms with van der Waals surface area (Å²) in [4.78, 5) is 10.9. The first kappa shape index (κ1) is 13.7. The van der Waals surface area contributed by atoms with E-state index in [9.17, 15) is 4.79 Å². The Hall–Kier alpha value is -1.31. The number of allylic oxidation sites excluding steroid dienone is 4. The van der Waals surface area contributed by atoms with Crippen LogP contribution in [0, 0.1) is 0 Å². The molecule has 1 N–H and O–H groups in total. The van der Waals surface area contributed by atoms with Gasteiger partial charge < -0.3 is 5.32 Å². The molecule has 0 atom stereocenters. The summed E-state index contributed by atoms with van der Waals surface area (Å²) in [6.45, 7) is 8.00. The van der Waals surface area contributed by atoms with Crippen LogP contribution in [0.4, 0.5) is 0 Å². The maximum Gasteiger partial charge on any atom is 0.228 e. The maximum atomic E-state index is 10.9. The van der Waals surface area contributed by atoms with Gasteiger partial charge in [-0.25, -0.2) is 0 Å². The van der Waals surface area contributed by atoms with Crippen LogP contribution in [0.15, 0.2) is 35.6 Å². The highest BCUT2D eigenvalue weighted by Crippen LogP contribution is 2.19. The third kappa shape index (κ3) is 4.15. The van der Waals surface area contributed by atoms with Crippen molar-refractivity contribution in [3.63, 3.8) is 0 Å². The van der Waals surface area contributed by atoms with Crippen molar-refractivity contribution in [2.24, 2.45) is 0 Å². The first-order valence-electron chi connectivity index (χ1n) is 5.72. The van der Waals surface area contributed by atoms with Crippen molar-refractivity contribution in [1.29, 1.82) is 0 Å². The molecule has 0 radical (unpaired) electrons. The first-order valence-corrected chi connectivity index (χ1v) is 5.72. The van der Waals surface area contributed by atoms with E-state index in [4.69, 9.17) is 0 Å². The van der Waals surface area contributed by atoms with Crippen molar-refractivity contribution in [3.8, 4) is 0 Å². The highest BCUT2D eigenvalue weighted by Gasteiger charge is 2.17. The Morgan fingerprint density at radius 2 is 1.73 bits per heavy atom. The van der Waals surface area contributed by atoms with Gasteiger partial charge in [-0.2, -0.15) is 0 Å². The molecule has 1 heterocycles. The van der Waals surface area contributed by atoms with Gasteiger partial charge in [0.05, 0.1) is 6.42 Å². The van der Waals surface area contributed by atoms with Gasteiger partial charge in [0.1, 0.15) is 0 Å². The Labute approximate surface area is 94.2 Å². The van der Waals surface area contributed by atoms with Gasteiger partial charge in [-0.05, 0) is 18.1 Å². The van der Waals surface area contributed by atoms with Crippen LogP contribution < -0.4 is 5.32 Å². The molecule has 2 nitrogen and oxygen atoms in total. The average molecular weight is 209 g/mol. The predicted octanol–water partition coefficient (Wildman–Crippen LogP) is 3.57. The van der Waals surface area contributed by atoms with E-state index in [0.29, 0.717) is 6.42 Å². The SMILES string of the molecule is CC.CC.O=C1CC2=C(C=CCC=C2)N1.[HH]. The summed E-state index contributed by atoms with van der Waals surface area (Å²) in [7, 11) is 0. The second-order valence-electron chi connectivity index (χ2n) is 2.70. The highest BCUT2D eigenvalue weighted by atomic mass is 16.1. The number of carbonyl (C=O) groups is 1. The fourth-order valence-electron chi connectivity index (χ4n) is 1.32. The highest BCUT2D eigenvalue weighted by molar-refractivity contribution is 5.86. The van der Waals surface area contributed by atoms with E-state index in [-0.39, 0.29) is 7.33 Å². The lowest BCUT2D eigenvalue weighted by Crippen LogP contribution is -2.13. The van der Waals surface area contributed by atoms with Gasteiger partial charge in [0.2, 0.25) is 5.91 Å². The number of rotatable bonds is 0. The van der Waals surface area contributed by atoms with Crippen molar-refractivity contribution in [1.82, 2.24) is 5.32 Å². The lowest BCUT2D eigenvalue weighted by Gasteiger charge is -1.93. The van der Waals surface area contributed by atoms with Gasteiger partial charge in [-0.1, -0.05) is 45.9 Å². The normalized spacial score (nSPS) is 16.7. The Balaban J connectivity index is 0. The Kier molecular flexibility index (Phi) is 7.33. The molecule has 0 aromatic carbocycles. The quantitative estimate of drug-likeness (QED) is 0.649. The number of hydrogen-bond donors (Lipinski definition) is 1. The number of carbonyl (C=O) groups excluding carboxylic acids is 1. The van der Waals surface area contributed by atoms with Gasteiger partial charge in [0.15, 0.2) is 0 Å². The Bertz CT molecular complexity index is 264. The minimum absolute atomic E-state index is 0. The van der Waals surface area contributed by atoms with E-state index in [2.05, 4.69) is 11.4 Å². The molecule has 1 aliphatic heterocycles. The van der Waals surface area contributed by atoms with E-state index in [1.165, 1.54) is 0 Å². The minimum Gasteiger partial charge on any atom is -0.326 e. The topological polar surface area (TPSA) is 29.1 Å². The molecule has 2 rings (SSSR count). The van der Waals surface area contributed by atoms with Crippen molar-refractivity contribution in [3.05, 3.63) is 35.6 Å². The second kappa shape index (κ2) is 8.04. The van der Waals surface area contributed by atoms with E-state index in [1.807, 2.05) is 45.9 Å². The molecule has 0 bridgehead atoms. The first-order chi connectivity index (χ1) is 7.36. The van der Waals surface area contributed by atoms with Crippen molar-refractivity contribution in [2.75, 3.05) is 0 Å². The van der Waals surface area contributed by atoms with E-state index >= 15 is 0 Å². The number of hydrogen-bond acceptors (Lipinski definition) is 1. The van der Waals surface area contributed by atoms with Gasteiger partial charge in [-0.15, -0.1) is 0 Å². The minimum atomic E-state index is 0. The van der Waals surface area contributed by atoms with Crippen LogP contribution in [0.3, 0.4) is 0 Å². The van der Waals surface area contributed by atoms with Crippen LogP contribution in [-0.4, -0.2) is 5.91 Å². The second-order valence-corrected chi connectivity index (χ2v) is 2.70. The molecule has 0 fully saturated rings. The molecule has 0 saturated heterocycles. The summed E-state index contributed by atoms with van der Waals surface area (Å²) >= 11 is 0. The van der Waals surface area contributed by atoms with Gasteiger partial charge >= 0.3 is 0 Å². The van der Waals surface area contributed by atoms with Crippen molar-refractivity contribution >= 4 is 5.91 Å². The molecule has 0 saturated carbocycles. The standard InChI is InChI=1S/C9H9NO.2C2H6.H2/c11-9-6-7-4-2-1-3-5-8(7)10-9;2*1-2;/h2-5H,1,6H2,(H,10,11);2*1-2H3;1H. The van der Waals surface area contributed by atoms with Gasteiger partial charge in [0, 0.05) is 7.12 Å².